The molecule has 1 unspecified atom stereocenters. The minimum absolute atomic E-state index is 0.123. The van der Waals surface area contributed by atoms with E-state index in [1.807, 2.05) is 11.9 Å². The number of sulfonamides is 1. The Bertz CT molecular complexity index is 957. The molecule has 3 rings (SSSR count). The molecule has 0 radical (unpaired) electrons. The Morgan fingerprint density at radius 2 is 1.74 bits per heavy atom. The van der Waals surface area contributed by atoms with E-state index in [-0.39, 0.29) is 11.9 Å². The predicted molar refractivity (Wildman–Crippen MR) is 143 cm³/mol. The average molecular weight is 527 g/mol. The molecule has 8 nitrogen and oxygen atoms in total. The van der Waals surface area contributed by atoms with Crippen molar-refractivity contribution in [2.45, 2.75) is 50.1 Å². The van der Waals surface area contributed by atoms with Gasteiger partial charge in [0.25, 0.3) is 0 Å². The van der Waals surface area contributed by atoms with Crippen molar-refractivity contribution in [3.05, 3.63) is 23.3 Å². The number of likely N-dealkylation sites (N-methyl/N-ethyl adjacent to an activating group) is 1. The SMILES string of the molecule is COc1cc(C)c(S(=O)(=O)N(C)CCSCC(=O)N(C)C2CCN(C3CCN(C)CC3)C2)c(C)c1. The van der Waals surface area contributed by atoms with E-state index in [9.17, 15) is 13.2 Å². The van der Waals surface area contributed by atoms with Gasteiger partial charge in [0.2, 0.25) is 15.9 Å². The number of ether oxygens (including phenoxy) is 1. The van der Waals surface area contributed by atoms with Gasteiger partial charge in [-0.05, 0) is 76.5 Å². The van der Waals surface area contributed by atoms with Crippen LogP contribution in [0.4, 0.5) is 0 Å². The molecule has 1 aromatic rings. The molecule has 0 spiro atoms. The van der Waals surface area contributed by atoms with Crippen LogP contribution in [-0.4, -0.2) is 118 Å². The minimum Gasteiger partial charge on any atom is -0.497 e. The Morgan fingerprint density at radius 3 is 2.34 bits per heavy atom. The van der Waals surface area contributed by atoms with E-state index >= 15 is 0 Å². The van der Waals surface area contributed by atoms with Crippen molar-refractivity contribution in [2.75, 3.05) is 72.5 Å². The van der Waals surface area contributed by atoms with Crippen molar-refractivity contribution in [2.24, 2.45) is 0 Å². The second kappa shape index (κ2) is 12.3. The monoisotopic (exact) mass is 526 g/mol. The van der Waals surface area contributed by atoms with E-state index < -0.39 is 10.0 Å². The normalized spacial score (nSPS) is 20.5. The van der Waals surface area contributed by atoms with Gasteiger partial charge in [0.15, 0.2) is 0 Å². The second-order valence-electron chi connectivity index (χ2n) is 9.95. The van der Waals surface area contributed by atoms with Crippen LogP contribution in [0.3, 0.4) is 0 Å². The van der Waals surface area contributed by atoms with Crippen molar-refractivity contribution in [1.82, 2.24) is 19.0 Å². The van der Waals surface area contributed by atoms with Crippen molar-refractivity contribution in [3.63, 3.8) is 0 Å². The lowest BCUT2D eigenvalue weighted by atomic mass is 10.0. The molecule has 2 heterocycles. The Kier molecular flexibility index (Phi) is 9.90. The summed E-state index contributed by atoms with van der Waals surface area (Å²) in [5.41, 5.74) is 1.34. The third-order valence-corrected chi connectivity index (χ3v) is 10.5. The highest BCUT2D eigenvalue weighted by Gasteiger charge is 2.33. The summed E-state index contributed by atoms with van der Waals surface area (Å²) in [6.07, 6.45) is 3.45. The summed E-state index contributed by atoms with van der Waals surface area (Å²) >= 11 is 1.50. The zero-order valence-corrected chi connectivity index (χ0v) is 23.8. The highest BCUT2D eigenvalue weighted by molar-refractivity contribution is 8.00. The molecule has 1 amide bonds. The maximum absolute atomic E-state index is 13.2. The fraction of sp³-hybridized carbons (Fsp3) is 0.720. The smallest absolute Gasteiger partial charge is 0.243 e. The first kappa shape index (κ1) is 28.2. The fourth-order valence-corrected chi connectivity index (χ4v) is 7.76. The van der Waals surface area contributed by atoms with Gasteiger partial charge >= 0.3 is 0 Å². The van der Waals surface area contributed by atoms with Crippen LogP contribution in [-0.2, 0) is 14.8 Å². The first-order valence-corrected chi connectivity index (χ1v) is 15.0. The number of likely N-dealkylation sites (tertiary alicyclic amines) is 2. The van der Waals surface area contributed by atoms with Gasteiger partial charge < -0.3 is 14.5 Å². The summed E-state index contributed by atoms with van der Waals surface area (Å²) in [5, 5.41) is 0. The van der Waals surface area contributed by atoms with E-state index in [0.717, 1.165) is 32.6 Å². The van der Waals surface area contributed by atoms with Crippen LogP contribution in [0.25, 0.3) is 0 Å². The quantitative estimate of drug-likeness (QED) is 0.433. The van der Waals surface area contributed by atoms with Gasteiger partial charge in [0.1, 0.15) is 5.75 Å². The highest BCUT2D eigenvalue weighted by Crippen LogP contribution is 2.28. The first-order chi connectivity index (χ1) is 16.5. The molecular weight excluding hydrogens is 484 g/mol. The van der Waals surface area contributed by atoms with Gasteiger partial charge in [0.05, 0.1) is 17.8 Å². The molecule has 198 valence electrons. The number of hydrogen-bond acceptors (Lipinski definition) is 7. The van der Waals surface area contributed by atoms with E-state index in [2.05, 4.69) is 16.8 Å². The van der Waals surface area contributed by atoms with Crippen molar-refractivity contribution in [1.29, 1.82) is 0 Å². The number of carbonyl (C=O) groups is 1. The first-order valence-electron chi connectivity index (χ1n) is 12.4. The summed E-state index contributed by atoms with van der Waals surface area (Å²) in [6.45, 7) is 8.26. The summed E-state index contributed by atoms with van der Waals surface area (Å²) in [6, 6.07) is 4.40. The van der Waals surface area contributed by atoms with Gasteiger partial charge in [-0.25, -0.2) is 12.7 Å². The molecule has 2 fully saturated rings. The Morgan fingerprint density at radius 1 is 1.11 bits per heavy atom. The Hall–Kier alpha value is -1.33. The van der Waals surface area contributed by atoms with Crippen LogP contribution in [0.1, 0.15) is 30.4 Å². The van der Waals surface area contributed by atoms with Crippen molar-refractivity contribution in [3.8, 4) is 5.75 Å². The second-order valence-corrected chi connectivity index (χ2v) is 13.0. The number of amides is 1. The van der Waals surface area contributed by atoms with Crippen LogP contribution < -0.4 is 4.74 Å². The van der Waals surface area contributed by atoms with Gasteiger partial charge in [-0.15, -0.1) is 0 Å². The standard InChI is InChI=1S/C25H42N4O4S2/c1-19-15-23(33-6)16-20(2)25(19)35(31,32)27(4)13-14-34-18-24(30)28(5)22-9-12-29(17-22)21-7-10-26(3)11-8-21/h15-16,21-22H,7-14,17-18H2,1-6H3. The maximum Gasteiger partial charge on any atom is 0.243 e. The lowest BCUT2D eigenvalue weighted by Crippen LogP contribution is -2.45. The molecular formula is C25H42N4O4S2. The number of methoxy groups -OCH3 is 1. The summed E-state index contributed by atoms with van der Waals surface area (Å²) in [5.74, 6) is 1.71. The summed E-state index contributed by atoms with van der Waals surface area (Å²) in [7, 11) is 3.65. The van der Waals surface area contributed by atoms with Crippen LogP contribution in [0.15, 0.2) is 17.0 Å². The molecule has 1 aromatic carbocycles. The average Bonchev–Trinajstić information content (AvgIpc) is 3.31. The van der Waals surface area contributed by atoms with Crippen LogP contribution in [0, 0.1) is 13.8 Å². The number of rotatable bonds is 10. The van der Waals surface area contributed by atoms with Crippen LogP contribution in [0.2, 0.25) is 0 Å². The third kappa shape index (κ3) is 6.91. The minimum atomic E-state index is -3.62. The van der Waals surface area contributed by atoms with Gasteiger partial charge in [0, 0.05) is 51.6 Å². The van der Waals surface area contributed by atoms with Gasteiger partial charge in [-0.3, -0.25) is 9.69 Å². The zero-order chi connectivity index (χ0) is 25.8. The fourth-order valence-electron chi connectivity index (χ4n) is 5.15. The molecule has 2 aliphatic heterocycles. The van der Waals surface area contributed by atoms with Gasteiger partial charge in [-0.2, -0.15) is 11.8 Å². The molecule has 2 aliphatic rings. The number of benzene rings is 1. The predicted octanol–water partition coefficient (Wildman–Crippen LogP) is 2.29. The topological polar surface area (TPSA) is 73.4 Å². The van der Waals surface area contributed by atoms with Crippen LogP contribution >= 0.6 is 11.8 Å². The molecule has 0 N–H and O–H groups in total. The number of thioether (sulfide) groups is 1. The van der Waals surface area contributed by atoms with E-state index in [1.54, 1.807) is 40.1 Å². The van der Waals surface area contributed by atoms with Crippen molar-refractivity contribution >= 4 is 27.7 Å². The molecule has 0 aliphatic carbocycles. The van der Waals surface area contributed by atoms with E-state index in [4.69, 9.17) is 4.74 Å². The molecule has 2 saturated heterocycles. The third-order valence-electron chi connectivity index (χ3n) is 7.45. The molecule has 35 heavy (non-hydrogen) atoms. The number of nitrogens with zero attached hydrogens (tertiary/aromatic N) is 4. The Labute approximate surface area is 216 Å². The molecule has 10 heteroatoms. The van der Waals surface area contributed by atoms with Crippen LogP contribution in [0.5, 0.6) is 5.75 Å². The number of carbonyl (C=O) groups excluding carboxylic acids is 1. The molecule has 0 aromatic heterocycles. The molecule has 1 atom stereocenters. The number of aryl methyl sites for hydroxylation is 2. The number of hydrogen-bond donors (Lipinski definition) is 0. The summed E-state index contributed by atoms with van der Waals surface area (Å²) < 4.78 is 32.9. The van der Waals surface area contributed by atoms with Gasteiger partial charge in [-0.1, -0.05) is 0 Å². The zero-order valence-electron chi connectivity index (χ0n) is 22.1. The maximum atomic E-state index is 13.2. The molecule has 0 saturated carbocycles. The van der Waals surface area contributed by atoms with Crippen molar-refractivity contribution < 1.29 is 17.9 Å². The largest absolute Gasteiger partial charge is 0.497 e. The molecule has 0 bridgehead atoms. The summed E-state index contributed by atoms with van der Waals surface area (Å²) in [4.78, 5) is 20.0. The highest BCUT2D eigenvalue weighted by atomic mass is 32.2. The van der Waals surface area contributed by atoms with E-state index in [1.165, 1.54) is 28.9 Å². The lowest BCUT2D eigenvalue weighted by Gasteiger charge is -2.35. The Balaban J connectivity index is 1.44. The number of piperidine rings is 1. The lowest BCUT2D eigenvalue weighted by molar-refractivity contribution is -0.128. The van der Waals surface area contributed by atoms with E-state index in [0.29, 0.717) is 45.9 Å².